The van der Waals surface area contributed by atoms with Crippen molar-refractivity contribution < 1.29 is 14.7 Å². The van der Waals surface area contributed by atoms with Crippen LogP contribution in [-0.2, 0) is 0 Å². The highest BCUT2D eigenvalue weighted by Crippen LogP contribution is 2.06. The molecule has 6 heteroatoms. The number of urea groups is 1. The number of rotatable bonds is 3. The highest BCUT2D eigenvalue weighted by molar-refractivity contribution is 7.80. The van der Waals surface area contributed by atoms with Crippen LogP contribution in [0.15, 0.2) is 30.3 Å². The Balaban J connectivity index is 2.88. The Hall–Kier alpha value is -1.53. The number of aliphatic hydroxyl groups is 1. The molecule has 0 spiro atoms. The van der Waals surface area contributed by atoms with Gasteiger partial charge < -0.3 is 10.8 Å². The van der Waals surface area contributed by atoms with Gasteiger partial charge in [-0.2, -0.15) is 0 Å². The minimum Gasteiger partial charge on any atom is -0.381 e. The minimum absolute atomic E-state index is 0.244. The molecule has 1 unspecified atom stereocenters. The molecule has 0 saturated carbocycles. The minimum atomic E-state index is -1.11. The molecular weight excluding hydrogens is 228 g/mol. The maximum Gasteiger partial charge on any atom is 0.321 e. The molecule has 0 bridgehead atoms. The van der Waals surface area contributed by atoms with Crippen molar-refractivity contribution in [2.24, 2.45) is 5.73 Å². The van der Waals surface area contributed by atoms with E-state index in [1.54, 1.807) is 30.3 Å². The zero-order chi connectivity index (χ0) is 12.1. The maximum atomic E-state index is 11.8. The predicted octanol–water partition coefficient (Wildman–Crippen LogP) is 0.456. The van der Waals surface area contributed by atoms with E-state index < -0.39 is 17.4 Å². The summed E-state index contributed by atoms with van der Waals surface area (Å²) in [7, 11) is 0. The number of hydrogen-bond acceptors (Lipinski definition) is 4. The fraction of sp³-hybridized carbons (Fsp3) is 0.200. The highest BCUT2D eigenvalue weighted by atomic mass is 32.1. The van der Waals surface area contributed by atoms with Gasteiger partial charge in [-0.3, -0.25) is 9.69 Å². The fourth-order valence-corrected chi connectivity index (χ4v) is 1.34. The van der Waals surface area contributed by atoms with E-state index in [1.807, 2.05) is 0 Å². The van der Waals surface area contributed by atoms with E-state index in [-0.39, 0.29) is 6.54 Å². The summed E-state index contributed by atoms with van der Waals surface area (Å²) in [6.45, 7) is -0.244. The number of amides is 3. The van der Waals surface area contributed by atoms with Crippen molar-refractivity contribution in [1.82, 2.24) is 4.90 Å². The molecule has 3 N–H and O–H groups in total. The van der Waals surface area contributed by atoms with Crippen LogP contribution >= 0.6 is 12.6 Å². The third-order valence-corrected chi connectivity index (χ3v) is 2.04. The number of nitrogens with zero attached hydrogens (tertiary/aromatic N) is 1. The topological polar surface area (TPSA) is 83.6 Å². The van der Waals surface area contributed by atoms with Gasteiger partial charge in [0.25, 0.3) is 5.91 Å². The number of nitrogens with two attached hydrogens (primary N) is 1. The SMILES string of the molecule is NC(=O)N(CC(O)S)C(=O)c1ccccc1. The summed E-state index contributed by atoms with van der Waals surface area (Å²) in [6.07, 6.45) is 0. The molecule has 0 saturated heterocycles. The molecule has 0 aliphatic rings. The summed E-state index contributed by atoms with van der Waals surface area (Å²) in [4.78, 5) is 23.6. The molecule has 16 heavy (non-hydrogen) atoms. The van der Waals surface area contributed by atoms with Crippen molar-refractivity contribution >= 4 is 24.6 Å². The molecule has 0 aliphatic carbocycles. The quantitative estimate of drug-likeness (QED) is 0.530. The molecule has 86 valence electrons. The molecule has 1 aromatic carbocycles. The van der Waals surface area contributed by atoms with Crippen molar-refractivity contribution in [2.75, 3.05) is 6.54 Å². The first-order valence-corrected chi connectivity index (χ1v) is 5.06. The number of imide groups is 1. The number of hydrogen-bond donors (Lipinski definition) is 3. The van der Waals surface area contributed by atoms with Gasteiger partial charge in [0.2, 0.25) is 0 Å². The van der Waals surface area contributed by atoms with Crippen molar-refractivity contribution in [2.45, 2.75) is 5.44 Å². The third kappa shape index (κ3) is 3.25. The smallest absolute Gasteiger partial charge is 0.321 e. The number of thiol groups is 1. The summed E-state index contributed by atoms with van der Waals surface area (Å²) in [5.41, 5.74) is 4.26. The normalized spacial score (nSPS) is 11.9. The van der Waals surface area contributed by atoms with Gasteiger partial charge in [-0.05, 0) is 12.1 Å². The Morgan fingerprint density at radius 1 is 1.38 bits per heavy atom. The average Bonchev–Trinajstić information content (AvgIpc) is 2.25. The lowest BCUT2D eigenvalue weighted by Crippen LogP contribution is -2.43. The summed E-state index contributed by atoms with van der Waals surface area (Å²) in [5.74, 6) is -0.554. The lowest BCUT2D eigenvalue weighted by Gasteiger charge is -2.19. The largest absolute Gasteiger partial charge is 0.381 e. The van der Waals surface area contributed by atoms with Crippen LogP contribution < -0.4 is 5.73 Å². The van der Waals surface area contributed by atoms with Crippen LogP contribution in [0.1, 0.15) is 10.4 Å². The molecule has 0 radical (unpaired) electrons. The summed E-state index contributed by atoms with van der Waals surface area (Å²) >= 11 is 3.69. The first-order chi connectivity index (χ1) is 7.52. The number of benzene rings is 1. The lowest BCUT2D eigenvalue weighted by atomic mass is 10.2. The van der Waals surface area contributed by atoms with Gasteiger partial charge in [0.05, 0.1) is 6.54 Å². The molecule has 5 nitrogen and oxygen atoms in total. The van der Waals surface area contributed by atoms with Gasteiger partial charge >= 0.3 is 6.03 Å². The highest BCUT2D eigenvalue weighted by Gasteiger charge is 2.21. The van der Waals surface area contributed by atoms with E-state index in [2.05, 4.69) is 12.6 Å². The first kappa shape index (κ1) is 12.5. The Kier molecular flexibility index (Phi) is 4.33. The van der Waals surface area contributed by atoms with Gasteiger partial charge in [0.1, 0.15) is 5.44 Å². The third-order valence-electron chi connectivity index (χ3n) is 1.88. The second-order valence-electron chi connectivity index (χ2n) is 3.10. The summed E-state index contributed by atoms with van der Waals surface area (Å²) in [5, 5.41) is 9.03. The monoisotopic (exact) mass is 240 g/mol. The summed E-state index contributed by atoms with van der Waals surface area (Å²) in [6, 6.07) is 7.29. The van der Waals surface area contributed by atoms with Gasteiger partial charge in [0, 0.05) is 5.56 Å². The molecule has 3 amide bonds. The number of carbonyl (C=O) groups is 2. The first-order valence-electron chi connectivity index (χ1n) is 4.55. The van der Waals surface area contributed by atoms with Crippen LogP contribution in [0.4, 0.5) is 4.79 Å². The molecule has 0 aromatic heterocycles. The lowest BCUT2D eigenvalue weighted by molar-refractivity contribution is 0.0769. The molecule has 0 aliphatic heterocycles. The zero-order valence-corrected chi connectivity index (χ0v) is 9.30. The Morgan fingerprint density at radius 2 is 1.94 bits per heavy atom. The van der Waals surface area contributed by atoms with Crippen LogP contribution in [0, 0.1) is 0 Å². The summed E-state index contributed by atoms with van der Waals surface area (Å²) < 4.78 is 0. The van der Waals surface area contributed by atoms with Crippen LogP contribution in [-0.4, -0.2) is 33.9 Å². The molecule has 0 heterocycles. The van der Waals surface area contributed by atoms with Gasteiger partial charge in [-0.25, -0.2) is 4.79 Å². The Bertz CT molecular complexity index is 381. The van der Waals surface area contributed by atoms with Crippen molar-refractivity contribution in [3.63, 3.8) is 0 Å². The molecule has 1 atom stereocenters. The fourth-order valence-electron chi connectivity index (χ4n) is 1.17. The number of aliphatic hydroxyl groups excluding tert-OH is 1. The number of primary amides is 1. The average molecular weight is 240 g/mol. The Morgan fingerprint density at radius 3 is 2.38 bits per heavy atom. The van der Waals surface area contributed by atoms with E-state index >= 15 is 0 Å². The Labute approximate surface area is 98.3 Å². The van der Waals surface area contributed by atoms with Gasteiger partial charge in [-0.1, -0.05) is 18.2 Å². The van der Waals surface area contributed by atoms with Crippen LogP contribution in [0.2, 0.25) is 0 Å². The second-order valence-corrected chi connectivity index (χ2v) is 3.70. The van der Waals surface area contributed by atoms with E-state index in [0.717, 1.165) is 4.90 Å². The zero-order valence-electron chi connectivity index (χ0n) is 8.41. The predicted molar refractivity (Wildman–Crippen MR) is 62.1 cm³/mol. The van der Waals surface area contributed by atoms with Crippen molar-refractivity contribution in [1.29, 1.82) is 0 Å². The standard InChI is InChI=1S/C10H12N2O3S/c11-10(15)12(6-8(13)16)9(14)7-4-2-1-3-5-7/h1-5,8,13,16H,6H2,(H2,11,15). The molecule has 1 rings (SSSR count). The van der Waals surface area contributed by atoms with Gasteiger partial charge in [-0.15, -0.1) is 12.6 Å². The van der Waals surface area contributed by atoms with Crippen molar-refractivity contribution in [3.8, 4) is 0 Å². The van der Waals surface area contributed by atoms with Crippen LogP contribution in [0.3, 0.4) is 0 Å². The molecular formula is C10H12N2O3S. The number of carbonyl (C=O) groups excluding carboxylic acids is 2. The van der Waals surface area contributed by atoms with E-state index in [1.165, 1.54) is 0 Å². The maximum absolute atomic E-state index is 11.8. The van der Waals surface area contributed by atoms with Crippen LogP contribution in [0.5, 0.6) is 0 Å². The molecule has 1 aromatic rings. The van der Waals surface area contributed by atoms with E-state index in [9.17, 15) is 9.59 Å². The van der Waals surface area contributed by atoms with Crippen LogP contribution in [0.25, 0.3) is 0 Å². The van der Waals surface area contributed by atoms with E-state index in [4.69, 9.17) is 10.8 Å². The van der Waals surface area contributed by atoms with E-state index in [0.29, 0.717) is 5.56 Å². The second kappa shape index (κ2) is 5.53. The van der Waals surface area contributed by atoms with Crippen molar-refractivity contribution in [3.05, 3.63) is 35.9 Å². The van der Waals surface area contributed by atoms with Gasteiger partial charge in [0.15, 0.2) is 0 Å². The molecule has 0 fully saturated rings.